The lowest BCUT2D eigenvalue weighted by molar-refractivity contribution is 0.134. The number of hydrogen-bond acceptors (Lipinski definition) is 2. The SMILES string of the molecule is CCC(c1ccccc1)C(O)c1ccccc1OC(C)C. The van der Waals surface area contributed by atoms with Crippen LogP contribution in [-0.4, -0.2) is 11.2 Å². The van der Waals surface area contributed by atoms with Crippen molar-refractivity contribution in [2.75, 3.05) is 0 Å². The lowest BCUT2D eigenvalue weighted by Crippen LogP contribution is -2.14. The number of para-hydroxylation sites is 1. The minimum Gasteiger partial charge on any atom is -0.491 e. The quantitative estimate of drug-likeness (QED) is 0.833. The normalized spacial score (nSPS) is 14.0. The molecule has 0 radical (unpaired) electrons. The number of benzene rings is 2. The van der Waals surface area contributed by atoms with Gasteiger partial charge in [-0.05, 0) is 31.9 Å². The van der Waals surface area contributed by atoms with Crippen molar-refractivity contribution in [1.82, 2.24) is 0 Å². The molecule has 2 rings (SSSR count). The zero-order valence-electron chi connectivity index (χ0n) is 13.0. The number of ether oxygens (including phenoxy) is 1. The Bertz CT molecular complexity index is 549. The molecular formula is C19H24O2. The second kappa shape index (κ2) is 7.28. The van der Waals surface area contributed by atoms with Crippen LogP contribution in [0.5, 0.6) is 5.75 Å². The van der Waals surface area contributed by atoms with E-state index in [0.717, 1.165) is 23.3 Å². The summed E-state index contributed by atoms with van der Waals surface area (Å²) >= 11 is 0. The topological polar surface area (TPSA) is 29.5 Å². The van der Waals surface area contributed by atoms with Gasteiger partial charge in [0.1, 0.15) is 5.75 Å². The van der Waals surface area contributed by atoms with E-state index >= 15 is 0 Å². The van der Waals surface area contributed by atoms with Crippen LogP contribution >= 0.6 is 0 Å². The zero-order valence-corrected chi connectivity index (χ0v) is 13.0. The van der Waals surface area contributed by atoms with Crippen LogP contribution in [0.4, 0.5) is 0 Å². The van der Waals surface area contributed by atoms with E-state index in [1.165, 1.54) is 0 Å². The van der Waals surface area contributed by atoms with Crippen molar-refractivity contribution in [2.45, 2.75) is 45.3 Å². The van der Waals surface area contributed by atoms with Gasteiger partial charge in [-0.2, -0.15) is 0 Å². The van der Waals surface area contributed by atoms with E-state index in [2.05, 4.69) is 19.1 Å². The fraction of sp³-hybridized carbons (Fsp3) is 0.368. The van der Waals surface area contributed by atoms with E-state index in [-0.39, 0.29) is 12.0 Å². The van der Waals surface area contributed by atoms with Gasteiger partial charge in [-0.1, -0.05) is 55.5 Å². The Labute approximate surface area is 127 Å². The second-order valence-corrected chi connectivity index (χ2v) is 5.57. The van der Waals surface area contributed by atoms with Crippen LogP contribution in [0, 0.1) is 0 Å². The molecule has 2 aromatic carbocycles. The van der Waals surface area contributed by atoms with Crippen LogP contribution in [0.2, 0.25) is 0 Å². The van der Waals surface area contributed by atoms with Crippen molar-refractivity contribution >= 4 is 0 Å². The van der Waals surface area contributed by atoms with Gasteiger partial charge < -0.3 is 9.84 Å². The van der Waals surface area contributed by atoms with Crippen molar-refractivity contribution in [3.05, 3.63) is 65.7 Å². The fourth-order valence-electron chi connectivity index (χ4n) is 2.64. The average molecular weight is 284 g/mol. The summed E-state index contributed by atoms with van der Waals surface area (Å²) in [5.74, 6) is 0.845. The summed E-state index contributed by atoms with van der Waals surface area (Å²) in [5, 5.41) is 10.8. The Morgan fingerprint density at radius 3 is 2.19 bits per heavy atom. The summed E-state index contributed by atoms with van der Waals surface area (Å²) in [4.78, 5) is 0. The first-order valence-electron chi connectivity index (χ1n) is 7.62. The van der Waals surface area contributed by atoms with Crippen molar-refractivity contribution in [2.24, 2.45) is 0 Å². The first-order valence-corrected chi connectivity index (χ1v) is 7.62. The van der Waals surface area contributed by atoms with Crippen LogP contribution in [0.25, 0.3) is 0 Å². The molecule has 0 spiro atoms. The number of aliphatic hydroxyl groups excluding tert-OH is 1. The van der Waals surface area contributed by atoms with Crippen LogP contribution in [0.3, 0.4) is 0 Å². The molecule has 0 aliphatic carbocycles. The number of hydrogen-bond donors (Lipinski definition) is 1. The van der Waals surface area contributed by atoms with Crippen LogP contribution in [-0.2, 0) is 0 Å². The van der Waals surface area contributed by atoms with E-state index in [1.54, 1.807) is 0 Å². The Balaban J connectivity index is 2.32. The van der Waals surface area contributed by atoms with Gasteiger partial charge in [0.25, 0.3) is 0 Å². The monoisotopic (exact) mass is 284 g/mol. The summed E-state index contributed by atoms with van der Waals surface area (Å²) in [6, 6.07) is 17.9. The molecule has 2 unspecified atom stereocenters. The van der Waals surface area contributed by atoms with Gasteiger partial charge in [-0.25, -0.2) is 0 Å². The molecule has 2 aromatic rings. The van der Waals surface area contributed by atoms with E-state index in [1.807, 2.05) is 56.3 Å². The molecule has 0 aromatic heterocycles. The molecule has 2 heteroatoms. The van der Waals surface area contributed by atoms with Gasteiger partial charge in [0.05, 0.1) is 12.2 Å². The Morgan fingerprint density at radius 1 is 0.952 bits per heavy atom. The van der Waals surface area contributed by atoms with Crippen molar-refractivity contribution in [1.29, 1.82) is 0 Å². The third-order valence-electron chi connectivity index (χ3n) is 3.65. The number of aliphatic hydroxyl groups is 1. The Hall–Kier alpha value is -1.80. The highest BCUT2D eigenvalue weighted by molar-refractivity contribution is 5.37. The van der Waals surface area contributed by atoms with Gasteiger partial charge in [-0.3, -0.25) is 0 Å². The maximum Gasteiger partial charge on any atom is 0.125 e. The maximum absolute atomic E-state index is 10.8. The smallest absolute Gasteiger partial charge is 0.125 e. The minimum absolute atomic E-state index is 0.0723. The largest absolute Gasteiger partial charge is 0.491 e. The van der Waals surface area contributed by atoms with E-state index in [4.69, 9.17) is 4.74 Å². The molecule has 0 bridgehead atoms. The molecular weight excluding hydrogens is 260 g/mol. The Kier molecular flexibility index (Phi) is 5.40. The summed E-state index contributed by atoms with van der Waals surface area (Å²) in [5.41, 5.74) is 2.02. The molecule has 1 N–H and O–H groups in total. The molecule has 0 saturated heterocycles. The van der Waals surface area contributed by atoms with Gasteiger partial charge in [-0.15, -0.1) is 0 Å². The van der Waals surface area contributed by atoms with Crippen molar-refractivity contribution in [3.63, 3.8) is 0 Å². The van der Waals surface area contributed by atoms with E-state index < -0.39 is 6.10 Å². The molecule has 2 atom stereocenters. The molecule has 0 aliphatic heterocycles. The summed E-state index contributed by atoms with van der Waals surface area (Å²) in [6.45, 7) is 6.10. The second-order valence-electron chi connectivity index (χ2n) is 5.57. The predicted octanol–water partition coefficient (Wildman–Crippen LogP) is 4.70. The molecule has 0 heterocycles. The average Bonchev–Trinajstić information content (AvgIpc) is 2.49. The summed E-state index contributed by atoms with van der Waals surface area (Å²) < 4.78 is 5.84. The third kappa shape index (κ3) is 3.85. The van der Waals surface area contributed by atoms with Gasteiger partial charge in [0.15, 0.2) is 0 Å². The lowest BCUT2D eigenvalue weighted by Gasteiger charge is -2.25. The fourth-order valence-corrected chi connectivity index (χ4v) is 2.64. The molecule has 0 amide bonds. The molecule has 21 heavy (non-hydrogen) atoms. The summed E-state index contributed by atoms with van der Waals surface area (Å²) in [6.07, 6.45) is 0.406. The van der Waals surface area contributed by atoms with Gasteiger partial charge in [0.2, 0.25) is 0 Å². The Morgan fingerprint density at radius 2 is 1.57 bits per heavy atom. The summed E-state index contributed by atoms with van der Waals surface area (Å²) in [7, 11) is 0. The third-order valence-corrected chi connectivity index (χ3v) is 3.65. The highest BCUT2D eigenvalue weighted by Crippen LogP contribution is 2.37. The molecule has 0 fully saturated rings. The standard InChI is InChI=1S/C19H24O2/c1-4-16(15-10-6-5-7-11-15)19(20)17-12-8-9-13-18(17)21-14(2)3/h5-14,16,19-20H,4H2,1-3H3. The van der Waals surface area contributed by atoms with Crippen molar-refractivity contribution < 1.29 is 9.84 Å². The minimum atomic E-state index is -0.563. The first-order chi connectivity index (χ1) is 10.1. The van der Waals surface area contributed by atoms with Crippen molar-refractivity contribution in [3.8, 4) is 5.75 Å². The molecule has 2 nitrogen and oxygen atoms in total. The van der Waals surface area contributed by atoms with E-state index in [0.29, 0.717) is 0 Å². The zero-order chi connectivity index (χ0) is 15.2. The molecule has 112 valence electrons. The number of rotatable bonds is 6. The van der Waals surface area contributed by atoms with Crippen LogP contribution in [0.15, 0.2) is 54.6 Å². The van der Waals surface area contributed by atoms with Gasteiger partial charge in [0, 0.05) is 11.5 Å². The maximum atomic E-state index is 10.8. The predicted molar refractivity (Wildman–Crippen MR) is 86.6 cm³/mol. The first kappa shape index (κ1) is 15.6. The molecule has 0 aliphatic rings. The van der Waals surface area contributed by atoms with Crippen LogP contribution < -0.4 is 4.74 Å². The van der Waals surface area contributed by atoms with E-state index in [9.17, 15) is 5.11 Å². The van der Waals surface area contributed by atoms with Gasteiger partial charge >= 0.3 is 0 Å². The highest BCUT2D eigenvalue weighted by Gasteiger charge is 2.24. The van der Waals surface area contributed by atoms with Crippen LogP contribution in [0.1, 0.15) is 50.3 Å². The lowest BCUT2D eigenvalue weighted by atomic mass is 9.87. The molecule has 0 saturated carbocycles. The highest BCUT2D eigenvalue weighted by atomic mass is 16.5.